The van der Waals surface area contributed by atoms with E-state index in [9.17, 15) is 15.0 Å². The predicted molar refractivity (Wildman–Crippen MR) is 68.9 cm³/mol. The maximum Gasteiger partial charge on any atom is 0.257 e. The average Bonchev–Trinajstić information content (AvgIpc) is 2.27. The van der Waals surface area contributed by atoms with Gasteiger partial charge in [-0.15, -0.1) is 0 Å². The standard InChI is InChI=1S/C13H16ClNO3/c1-13(18)5-2-6-15(8-13)12(17)10-4-3-9(14)7-11(10)16/h3-4,7,16,18H,2,5-6,8H2,1H3. The lowest BCUT2D eigenvalue weighted by Gasteiger charge is -2.36. The number of halogens is 1. The van der Waals surface area contributed by atoms with Gasteiger partial charge in [0.15, 0.2) is 0 Å². The summed E-state index contributed by atoms with van der Waals surface area (Å²) >= 11 is 5.73. The Kier molecular flexibility index (Phi) is 3.50. The molecular weight excluding hydrogens is 254 g/mol. The zero-order valence-electron chi connectivity index (χ0n) is 10.2. The van der Waals surface area contributed by atoms with Crippen LogP contribution >= 0.6 is 11.6 Å². The first-order valence-corrected chi connectivity index (χ1v) is 6.27. The van der Waals surface area contributed by atoms with Crippen LogP contribution in [0, 0.1) is 0 Å². The Bertz CT molecular complexity index is 473. The van der Waals surface area contributed by atoms with Crippen LogP contribution in [0.2, 0.25) is 5.02 Å². The monoisotopic (exact) mass is 269 g/mol. The summed E-state index contributed by atoms with van der Waals surface area (Å²) < 4.78 is 0. The number of phenolic OH excluding ortho intramolecular Hbond substituents is 1. The second kappa shape index (κ2) is 4.78. The van der Waals surface area contributed by atoms with Crippen LogP contribution in [0.5, 0.6) is 5.75 Å². The number of hydrogen-bond acceptors (Lipinski definition) is 3. The van der Waals surface area contributed by atoms with Crippen molar-refractivity contribution in [3.05, 3.63) is 28.8 Å². The molecule has 0 aliphatic carbocycles. The van der Waals surface area contributed by atoms with Crippen LogP contribution in [0.3, 0.4) is 0 Å². The number of piperidine rings is 1. The van der Waals surface area contributed by atoms with E-state index >= 15 is 0 Å². The Morgan fingerprint density at radius 2 is 2.22 bits per heavy atom. The molecule has 1 saturated heterocycles. The summed E-state index contributed by atoms with van der Waals surface area (Å²) in [5.74, 6) is -0.401. The smallest absolute Gasteiger partial charge is 0.257 e. The Morgan fingerprint density at radius 3 is 2.83 bits per heavy atom. The first-order valence-electron chi connectivity index (χ1n) is 5.89. The predicted octanol–water partition coefficient (Wildman–Crippen LogP) is 2.03. The number of hydrogen-bond donors (Lipinski definition) is 2. The number of likely N-dealkylation sites (tertiary alicyclic amines) is 1. The maximum atomic E-state index is 12.2. The van der Waals surface area contributed by atoms with Crippen LogP contribution < -0.4 is 0 Å². The zero-order chi connectivity index (χ0) is 13.3. The summed E-state index contributed by atoms with van der Waals surface area (Å²) in [6.45, 7) is 2.60. The quantitative estimate of drug-likeness (QED) is 0.820. The molecule has 5 heteroatoms. The van der Waals surface area contributed by atoms with Gasteiger partial charge in [-0.1, -0.05) is 11.6 Å². The molecule has 0 radical (unpaired) electrons. The number of amides is 1. The summed E-state index contributed by atoms with van der Waals surface area (Å²) in [5, 5.41) is 20.1. The van der Waals surface area contributed by atoms with Gasteiger partial charge in [-0.05, 0) is 38.0 Å². The first kappa shape index (κ1) is 13.2. The molecule has 1 aliphatic heterocycles. The summed E-state index contributed by atoms with van der Waals surface area (Å²) in [7, 11) is 0. The van der Waals surface area contributed by atoms with E-state index in [1.165, 1.54) is 12.1 Å². The molecule has 1 amide bonds. The molecule has 0 spiro atoms. The van der Waals surface area contributed by atoms with Crippen LogP contribution in [0.25, 0.3) is 0 Å². The minimum Gasteiger partial charge on any atom is -0.507 e. The van der Waals surface area contributed by atoms with Crippen LogP contribution in [0.15, 0.2) is 18.2 Å². The Balaban J connectivity index is 2.20. The number of benzene rings is 1. The molecule has 0 bridgehead atoms. The van der Waals surface area contributed by atoms with Crippen molar-refractivity contribution in [2.24, 2.45) is 0 Å². The third-order valence-electron chi connectivity index (χ3n) is 3.15. The van der Waals surface area contributed by atoms with Crippen molar-refractivity contribution in [3.63, 3.8) is 0 Å². The van der Waals surface area contributed by atoms with Crippen LogP contribution in [0.4, 0.5) is 0 Å². The minimum absolute atomic E-state index is 0.127. The Hall–Kier alpha value is -1.26. The van der Waals surface area contributed by atoms with E-state index in [1.807, 2.05) is 0 Å². The van der Waals surface area contributed by atoms with Crippen molar-refractivity contribution in [1.82, 2.24) is 4.90 Å². The molecule has 0 saturated carbocycles. The molecule has 2 N–H and O–H groups in total. The summed E-state index contributed by atoms with van der Waals surface area (Å²) in [4.78, 5) is 13.8. The minimum atomic E-state index is -0.851. The summed E-state index contributed by atoms with van der Waals surface area (Å²) in [5.41, 5.74) is -0.632. The SMILES string of the molecule is CC1(O)CCCN(C(=O)c2ccc(Cl)cc2O)C1. The Labute approximate surface area is 111 Å². The van der Waals surface area contributed by atoms with E-state index in [0.717, 1.165) is 6.42 Å². The highest BCUT2D eigenvalue weighted by Gasteiger charge is 2.32. The van der Waals surface area contributed by atoms with Gasteiger partial charge >= 0.3 is 0 Å². The van der Waals surface area contributed by atoms with Gasteiger partial charge in [0.05, 0.1) is 11.2 Å². The van der Waals surface area contributed by atoms with Crippen molar-refractivity contribution < 1.29 is 15.0 Å². The lowest BCUT2D eigenvalue weighted by atomic mass is 9.94. The van der Waals surface area contributed by atoms with Gasteiger partial charge in [0, 0.05) is 18.1 Å². The highest BCUT2D eigenvalue weighted by Crippen LogP contribution is 2.26. The third-order valence-corrected chi connectivity index (χ3v) is 3.39. The molecule has 1 heterocycles. The molecule has 4 nitrogen and oxygen atoms in total. The second-order valence-corrected chi connectivity index (χ2v) is 5.43. The van der Waals surface area contributed by atoms with E-state index in [-0.39, 0.29) is 23.8 Å². The van der Waals surface area contributed by atoms with E-state index in [0.29, 0.717) is 18.0 Å². The number of rotatable bonds is 1. The van der Waals surface area contributed by atoms with Gasteiger partial charge in [0.25, 0.3) is 5.91 Å². The van der Waals surface area contributed by atoms with E-state index in [1.54, 1.807) is 17.9 Å². The van der Waals surface area contributed by atoms with Crippen molar-refractivity contribution in [2.45, 2.75) is 25.4 Å². The normalized spacial score (nSPS) is 24.1. The van der Waals surface area contributed by atoms with E-state index in [2.05, 4.69) is 0 Å². The lowest BCUT2D eigenvalue weighted by Crippen LogP contribution is -2.48. The molecular formula is C13H16ClNO3. The molecule has 1 aliphatic rings. The number of carbonyl (C=O) groups excluding carboxylic acids is 1. The maximum absolute atomic E-state index is 12.2. The van der Waals surface area contributed by atoms with Crippen molar-refractivity contribution in [2.75, 3.05) is 13.1 Å². The van der Waals surface area contributed by atoms with Crippen molar-refractivity contribution in [3.8, 4) is 5.75 Å². The largest absolute Gasteiger partial charge is 0.507 e. The lowest BCUT2D eigenvalue weighted by molar-refractivity contribution is -0.0108. The van der Waals surface area contributed by atoms with Gasteiger partial charge in [0.1, 0.15) is 5.75 Å². The fourth-order valence-corrected chi connectivity index (χ4v) is 2.42. The molecule has 0 aromatic heterocycles. The molecule has 1 unspecified atom stereocenters. The van der Waals surface area contributed by atoms with Gasteiger partial charge in [-0.25, -0.2) is 0 Å². The number of aromatic hydroxyl groups is 1. The third kappa shape index (κ3) is 2.76. The molecule has 98 valence electrons. The van der Waals surface area contributed by atoms with Gasteiger partial charge in [0.2, 0.25) is 0 Å². The van der Waals surface area contributed by atoms with Crippen LogP contribution in [0.1, 0.15) is 30.1 Å². The van der Waals surface area contributed by atoms with E-state index < -0.39 is 5.60 Å². The number of β-amino-alcohol motifs (C(OH)–C–C–N with tert-alkyl or cyclic N) is 1. The van der Waals surface area contributed by atoms with Gasteiger partial charge in [-0.3, -0.25) is 4.79 Å². The topological polar surface area (TPSA) is 60.8 Å². The Morgan fingerprint density at radius 1 is 1.50 bits per heavy atom. The van der Waals surface area contributed by atoms with Crippen molar-refractivity contribution >= 4 is 17.5 Å². The zero-order valence-corrected chi connectivity index (χ0v) is 10.9. The number of carbonyl (C=O) groups is 1. The first-order chi connectivity index (χ1) is 8.39. The summed E-state index contributed by atoms with van der Waals surface area (Å²) in [6, 6.07) is 4.41. The number of nitrogens with zero attached hydrogens (tertiary/aromatic N) is 1. The van der Waals surface area contributed by atoms with Crippen LogP contribution in [-0.4, -0.2) is 39.7 Å². The molecule has 18 heavy (non-hydrogen) atoms. The number of aliphatic hydroxyl groups is 1. The molecule has 1 atom stereocenters. The molecule has 2 rings (SSSR count). The van der Waals surface area contributed by atoms with Gasteiger partial charge < -0.3 is 15.1 Å². The van der Waals surface area contributed by atoms with Crippen molar-refractivity contribution in [1.29, 1.82) is 0 Å². The highest BCUT2D eigenvalue weighted by molar-refractivity contribution is 6.30. The fraction of sp³-hybridized carbons (Fsp3) is 0.462. The average molecular weight is 270 g/mol. The second-order valence-electron chi connectivity index (χ2n) is 4.99. The highest BCUT2D eigenvalue weighted by atomic mass is 35.5. The fourth-order valence-electron chi connectivity index (χ4n) is 2.25. The van der Waals surface area contributed by atoms with Crippen LogP contribution in [-0.2, 0) is 0 Å². The number of phenols is 1. The summed E-state index contributed by atoms with van der Waals surface area (Å²) in [6.07, 6.45) is 1.44. The molecule has 1 fully saturated rings. The van der Waals surface area contributed by atoms with E-state index in [4.69, 9.17) is 11.6 Å². The van der Waals surface area contributed by atoms with Gasteiger partial charge in [-0.2, -0.15) is 0 Å². The molecule has 1 aromatic carbocycles. The molecule has 1 aromatic rings.